The zero-order chi connectivity index (χ0) is 16.6. The van der Waals surface area contributed by atoms with Gasteiger partial charge in [0.2, 0.25) is 5.95 Å². The number of hydrogen-bond donors (Lipinski definition) is 2. The van der Waals surface area contributed by atoms with E-state index in [2.05, 4.69) is 31.7 Å². The van der Waals surface area contributed by atoms with E-state index in [-0.39, 0.29) is 0 Å². The lowest BCUT2D eigenvalue weighted by molar-refractivity contribution is 0.444. The Balaban J connectivity index is 1.47. The number of aliphatic imine (C=N–C) groups is 1. The first-order chi connectivity index (χ1) is 12.3. The average Bonchev–Trinajstić information content (AvgIpc) is 3.06. The van der Waals surface area contributed by atoms with Gasteiger partial charge in [0.15, 0.2) is 11.4 Å². The minimum atomic E-state index is 0.484. The predicted molar refractivity (Wildman–Crippen MR) is 99.3 cm³/mol. The summed E-state index contributed by atoms with van der Waals surface area (Å²) in [5.41, 5.74) is 4.81. The van der Waals surface area contributed by atoms with Gasteiger partial charge in [0.1, 0.15) is 5.52 Å². The normalized spacial score (nSPS) is 16.5. The Labute approximate surface area is 145 Å². The molecule has 25 heavy (non-hydrogen) atoms. The third-order valence-electron chi connectivity index (χ3n) is 4.86. The number of nitrogens with zero attached hydrogens (tertiary/aromatic N) is 3. The van der Waals surface area contributed by atoms with Crippen LogP contribution in [-0.4, -0.2) is 22.2 Å². The predicted octanol–water partition coefficient (Wildman–Crippen LogP) is 4.58. The van der Waals surface area contributed by atoms with Gasteiger partial charge in [-0.15, -0.1) is 0 Å². The Morgan fingerprint density at radius 3 is 2.96 bits per heavy atom. The van der Waals surface area contributed by atoms with E-state index < -0.39 is 0 Å². The van der Waals surface area contributed by atoms with Crippen molar-refractivity contribution in [2.45, 2.75) is 38.1 Å². The van der Waals surface area contributed by atoms with Crippen molar-refractivity contribution in [1.82, 2.24) is 9.97 Å². The highest BCUT2D eigenvalue weighted by molar-refractivity contribution is 5.85. The number of aromatic nitrogens is 2. The smallest absolute Gasteiger partial charge is 0.229 e. The fourth-order valence-corrected chi connectivity index (χ4v) is 3.26. The van der Waals surface area contributed by atoms with Gasteiger partial charge in [-0.25, -0.2) is 4.98 Å². The van der Waals surface area contributed by atoms with Crippen molar-refractivity contribution in [2.24, 2.45) is 4.99 Å². The van der Waals surface area contributed by atoms with Crippen molar-refractivity contribution in [3.8, 4) is 0 Å². The maximum absolute atomic E-state index is 5.57. The lowest BCUT2D eigenvalue weighted by Crippen LogP contribution is -2.27. The van der Waals surface area contributed by atoms with Crippen LogP contribution in [-0.2, 0) is 6.42 Å². The zero-order valence-electron chi connectivity index (χ0n) is 13.8. The molecule has 1 aromatic carbocycles. The van der Waals surface area contributed by atoms with Crippen molar-refractivity contribution < 1.29 is 4.42 Å². The molecule has 1 aliphatic carbocycles. The first-order valence-electron chi connectivity index (χ1n) is 8.79. The number of nitrogens with one attached hydrogen (secondary N) is 2. The third-order valence-corrected chi connectivity index (χ3v) is 4.86. The van der Waals surface area contributed by atoms with Gasteiger partial charge in [-0.3, -0.25) is 4.99 Å². The molecule has 0 atom stereocenters. The molecule has 3 aromatic rings. The first kappa shape index (κ1) is 14.5. The van der Waals surface area contributed by atoms with Crippen LogP contribution in [0.1, 0.15) is 31.2 Å². The van der Waals surface area contributed by atoms with Crippen molar-refractivity contribution in [3.63, 3.8) is 0 Å². The quantitative estimate of drug-likeness (QED) is 0.731. The number of fused-ring (bicyclic) bond motifs is 2. The number of aryl methyl sites for hydroxylation is 1. The van der Waals surface area contributed by atoms with Gasteiger partial charge in [0.05, 0.1) is 12.0 Å². The van der Waals surface area contributed by atoms with E-state index in [0.717, 1.165) is 41.1 Å². The molecule has 6 nitrogen and oxygen atoms in total. The molecule has 0 bridgehead atoms. The van der Waals surface area contributed by atoms with E-state index in [1.807, 2.05) is 24.4 Å². The van der Waals surface area contributed by atoms with Crippen LogP contribution in [0.3, 0.4) is 0 Å². The van der Waals surface area contributed by atoms with E-state index in [9.17, 15) is 0 Å². The number of hydrogen-bond acceptors (Lipinski definition) is 6. The Morgan fingerprint density at radius 1 is 1.12 bits per heavy atom. The SMILES string of the molecule is C1=Nc2ccc(Nc3nc(NC4CCC4)c4occc4n3)cc2CC1. The molecule has 0 spiro atoms. The Hall–Kier alpha value is -2.89. The molecule has 0 saturated heterocycles. The summed E-state index contributed by atoms with van der Waals surface area (Å²) in [4.78, 5) is 13.6. The monoisotopic (exact) mass is 333 g/mol. The van der Waals surface area contributed by atoms with Crippen molar-refractivity contribution in [1.29, 1.82) is 0 Å². The highest BCUT2D eigenvalue weighted by Crippen LogP contribution is 2.31. The number of benzene rings is 1. The van der Waals surface area contributed by atoms with Crippen LogP contribution in [0.5, 0.6) is 0 Å². The molecule has 126 valence electrons. The summed E-state index contributed by atoms with van der Waals surface area (Å²) in [5, 5.41) is 6.81. The summed E-state index contributed by atoms with van der Waals surface area (Å²) in [5.74, 6) is 1.35. The van der Waals surface area contributed by atoms with Crippen LogP contribution >= 0.6 is 0 Å². The molecule has 1 aliphatic heterocycles. The van der Waals surface area contributed by atoms with E-state index in [1.54, 1.807) is 6.26 Å². The van der Waals surface area contributed by atoms with Gasteiger partial charge in [-0.1, -0.05) is 0 Å². The van der Waals surface area contributed by atoms with Crippen LogP contribution in [0.15, 0.2) is 39.9 Å². The topological polar surface area (TPSA) is 75.3 Å². The molecule has 2 aliphatic rings. The largest absolute Gasteiger partial charge is 0.459 e. The number of furan rings is 1. The van der Waals surface area contributed by atoms with E-state index >= 15 is 0 Å². The zero-order valence-corrected chi connectivity index (χ0v) is 13.8. The maximum atomic E-state index is 5.57. The van der Waals surface area contributed by atoms with E-state index in [0.29, 0.717) is 12.0 Å². The molecule has 0 unspecified atom stereocenters. The van der Waals surface area contributed by atoms with Gasteiger partial charge < -0.3 is 15.1 Å². The molecule has 3 heterocycles. The lowest BCUT2D eigenvalue weighted by atomic mass is 9.93. The molecule has 5 rings (SSSR count). The number of anilines is 3. The maximum Gasteiger partial charge on any atom is 0.229 e. The van der Waals surface area contributed by atoms with E-state index in [1.165, 1.54) is 24.8 Å². The first-order valence-corrected chi connectivity index (χ1v) is 8.79. The number of rotatable bonds is 4. The summed E-state index contributed by atoms with van der Waals surface area (Å²) in [6, 6.07) is 8.54. The average molecular weight is 333 g/mol. The Morgan fingerprint density at radius 2 is 2.08 bits per heavy atom. The summed E-state index contributed by atoms with van der Waals surface area (Å²) >= 11 is 0. The van der Waals surface area contributed by atoms with Crippen LogP contribution in [0.4, 0.5) is 23.1 Å². The second kappa shape index (κ2) is 5.88. The van der Waals surface area contributed by atoms with Gasteiger partial charge in [-0.2, -0.15) is 4.98 Å². The molecule has 1 fully saturated rings. The minimum absolute atomic E-state index is 0.484. The fourth-order valence-electron chi connectivity index (χ4n) is 3.26. The fraction of sp³-hybridized carbons (Fsp3) is 0.316. The third kappa shape index (κ3) is 2.73. The summed E-state index contributed by atoms with van der Waals surface area (Å²) in [7, 11) is 0. The molecule has 0 amide bonds. The molecule has 6 heteroatoms. The van der Waals surface area contributed by atoms with Crippen molar-refractivity contribution >= 4 is 40.5 Å². The second-order valence-corrected chi connectivity index (χ2v) is 6.62. The van der Waals surface area contributed by atoms with Crippen LogP contribution in [0.2, 0.25) is 0 Å². The second-order valence-electron chi connectivity index (χ2n) is 6.62. The summed E-state index contributed by atoms with van der Waals surface area (Å²) in [6.07, 6.45) is 9.27. The van der Waals surface area contributed by atoms with Crippen molar-refractivity contribution in [2.75, 3.05) is 10.6 Å². The molecule has 1 saturated carbocycles. The van der Waals surface area contributed by atoms with Crippen LogP contribution < -0.4 is 10.6 Å². The van der Waals surface area contributed by atoms with Gasteiger partial charge in [-0.05, 0) is 55.9 Å². The lowest BCUT2D eigenvalue weighted by Gasteiger charge is -2.26. The molecular weight excluding hydrogens is 314 g/mol. The summed E-state index contributed by atoms with van der Waals surface area (Å²) in [6.45, 7) is 0. The molecule has 2 N–H and O–H groups in total. The highest BCUT2D eigenvalue weighted by Gasteiger charge is 2.20. The molecule has 0 radical (unpaired) electrons. The van der Waals surface area contributed by atoms with Crippen LogP contribution in [0.25, 0.3) is 11.1 Å². The van der Waals surface area contributed by atoms with Gasteiger partial charge in [0, 0.05) is 24.0 Å². The Kier molecular flexibility index (Phi) is 3.40. The Bertz CT molecular complexity index is 958. The van der Waals surface area contributed by atoms with Crippen LogP contribution in [0, 0.1) is 0 Å². The summed E-state index contributed by atoms with van der Waals surface area (Å²) < 4.78 is 5.57. The molecule has 2 aromatic heterocycles. The van der Waals surface area contributed by atoms with Gasteiger partial charge in [0.25, 0.3) is 0 Å². The van der Waals surface area contributed by atoms with Gasteiger partial charge >= 0.3 is 0 Å². The minimum Gasteiger partial charge on any atom is -0.459 e. The van der Waals surface area contributed by atoms with Crippen molar-refractivity contribution in [3.05, 3.63) is 36.1 Å². The standard InChI is InChI=1S/C19H19N5O/c1-4-13(5-1)21-18-17-16(8-10-25-17)23-19(24-18)22-14-6-7-15-12(11-14)3-2-9-20-15/h6-11,13H,1-5H2,(H2,21,22,23,24). The van der Waals surface area contributed by atoms with E-state index in [4.69, 9.17) is 4.42 Å². The molecular formula is C19H19N5O. The highest BCUT2D eigenvalue weighted by atomic mass is 16.3.